The summed E-state index contributed by atoms with van der Waals surface area (Å²) in [6, 6.07) is 0. The van der Waals surface area contributed by atoms with Crippen LogP contribution in [0.4, 0.5) is 0 Å². The summed E-state index contributed by atoms with van der Waals surface area (Å²) in [6.45, 7) is 4.48. The fourth-order valence-corrected chi connectivity index (χ4v) is 3.40. The van der Waals surface area contributed by atoms with Crippen LogP contribution in [0.15, 0.2) is 4.52 Å². The van der Waals surface area contributed by atoms with Gasteiger partial charge in [0, 0.05) is 5.92 Å². The molecular weight excluding hydrogens is 365 g/mol. The number of amides is 1. The average molecular weight is 394 g/mol. The van der Waals surface area contributed by atoms with Gasteiger partial charge >= 0.3 is 0 Å². The molecule has 1 aromatic rings. The predicted octanol–water partition coefficient (Wildman–Crippen LogP) is 1.72. The number of hydrogen-bond acceptors (Lipinski definition) is 6. The standard InChI is InChI=1S/C16H27N5O2.2ClH/c1-11(12-8-17-9-12)14(22)19-16(6-4-5-7-16)15-18-13(23-20-15)10-21(2)3;;/h11-12,17H,4-10H2,1-3H3,(H,19,22);2*1H. The molecule has 0 aromatic carbocycles. The van der Waals surface area contributed by atoms with Crippen molar-refractivity contribution < 1.29 is 9.32 Å². The molecule has 2 heterocycles. The van der Waals surface area contributed by atoms with Crippen LogP contribution >= 0.6 is 24.8 Å². The van der Waals surface area contributed by atoms with Crippen LogP contribution in [0.3, 0.4) is 0 Å². The lowest BCUT2D eigenvalue weighted by Gasteiger charge is -2.34. The molecule has 1 amide bonds. The van der Waals surface area contributed by atoms with Crippen LogP contribution < -0.4 is 10.6 Å². The number of nitrogens with zero attached hydrogens (tertiary/aromatic N) is 3. The third-order valence-corrected chi connectivity index (χ3v) is 5.10. The van der Waals surface area contributed by atoms with Crippen molar-refractivity contribution in [2.75, 3.05) is 27.2 Å². The topological polar surface area (TPSA) is 83.3 Å². The van der Waals surface area contributed by atoms with Gasteiger partial charge in [-0.15, -0.1) is 24.8 Å². The Bertz CT molecular complexity index is 556. The summed E-state index contributed by atoms with van der Waals surface area (Å²) in [7, 11) is 3.93. The zero-order valence-electron chi connectivity index (χ0n) is 15.1. The fraction of sp³-hybridized carbons (Fsp3) is 0.812. The minimum atomic E-state index is -0.448. The van der Waals surface area contributed by atoms with Gasteiger partial charge in [0.05, 0.1) is 6.54 Å². The summed E-state index contributed by atoms with van der Waals surface area (Å²) in [6.07, 6.45) is 3.93. The smallest absolute Gasteiger partial charge is 0.240 e. The van der Waals surface area contributed by atoms with E-state index in [2.05, 4.69) is 20.8 Å². The van der Waals surface area contributed by atoms with Crippen molar-refractivity contribution in [3.8, 4) is 0 Å². The van der Waals surface area contributed by atoms with Crippen molar-refractivity contribution in [2.24, 2.45) is 11.8 Å². The Hall–Kier alpha value is -0.890. The molecule has 1 unspecified atom stereocenters. The highest BCUT2D eigenvalue weighted by Gasteiger charge is 2.43. The molecule has 7 nitrogen and oxygen atoms in total. The average Bonchev–Trinajstić information content (AvgIpc) is 3.06. The van der Waals surface area contributed by atoms with Crippen molar-refractivity contribution >= 4 is 30.7 Å². The Morgan fingerprint density at radius 3 is 2.52 bits per heavy atom. The molecule has 2 fully saturated rings. The zero-order chi connectivity index (χ0) is 16.4. The molecule has 1 aromatic heterocycles. The second kappa shape index (κ2) is 9.16. The summed E-state index contributed by atoms with van der Waals surface area (Å²) in [5.41, 5.74) is -0.448. The summed E-state index contributed by atoms with van der Waals surface area (Å²) in [4.78, 5) is 19.2. The minimum Gasteiger partial charge on any atom is -0.343 e. The minimum absolute atomic E-state index is 0. The third kappa shape index (κ3) is 4.84. The number of aromatic nitrogens is 2. The largest absolute Gasteiger partial charge is 0.343 e. The maximum atomic E-state index is 12.7. The normalized spacial score (nSPS) is 20.3. The van der Waals surface area contributed by atoms with Crippen LogP contribution in [0.25, 0.3) is 0 Å². The molecule has 9 heteroatoms. The number of nitrogens with one attached hydrogen (secondary N) is 2. The van der Waals surface area contributed by atoms with Crippen LogP contribution in [0, 0.1) is 11.8 Å². The zero-order valence-corrected chi connectivity index (χ0v) is 16.7. The van der Waals surface area contributed by atoms with Gasteiger partial charge in [-0.2, -0.15) is 4.98 Å². The van der Waals surface area contributed by atoms with E-state index in [0.29, 0.717) is 24.2 Å². The molecule has 144 valence electrons. The number of carbonyl (C=O) groups is 1. The van der Waals surface area contributed by atoms with Gasteiger partial charge in [-0.25, -0.2) is 0 Å². The molecule has 0 radical (unpaired) electrons. The van der Waals surface area contributed by atoms with E-state index in [1.54, 1.807) is 0 Å². The molecular formula is C16H29Cl2N5O2. The van der Waals surface area contributed by atoms with E-state index in [-0.39, 0.29) is 36.6 Å². The first-order valence-corrected chi connectivity index (χ1v) is 8.51. The SMILES string of the molecule is CC(C(=O)NC1(c2noc(CN(C)C)n2)CCCC1)C1CNC1.Cl.Cl. The molecule has 2 N–H and O–H groups in total. The maximum Gasteiger partial charge on any atom is 0.240 e. The van der Waals surface area contributed by atoms with Crippen molar-refractivity contribution in [1.82, 2.24) is 25.7 Å². The van der Waals surface area contributed by atoms with Crippen molar-refractivity contribution in [1.29, 1.82) is 0 Å². The monoisotopic (exact) mass is 393 g/mol. The Balaban J connectivity index is 0.00000156. The lowest BCUT2D eigenvalue weighted by molar-refractivity contribution is -0.129. The molecule has 1 aliphatic heterocycles. The fourth-order valence-electron chi connectivity index (χ4n) is 3.40. The van der Waals surface area contributed by atoms with Crippen molar-refractivity contribution in [3.63, 3.8) is 0 Å². The molecule has 1 aliphatic carbocycles. The first-order valence-electron chi connectivity index (χ1n) is 8.51. The van der Waals surface area contributed by atoms with E-state index < -0.39 is 5.54 Å². The number of rotatable bonds is 6. The highest BCUT2D eigenvalue weighted by atomic mass is 35.5. The first-order chi connectivity index (χ1) is 11.0. The maximum absolute atomic E-state index is 12.7. The van der Waals surface area contributed by atoms with Crippen LogP contribution in [0.2, 0.25) is 0 Å². The predicted molar refractivity (Wildman–Crippen MR) is 100.0 cm³/mol. The highest BCUT2D eigenvalue weighted by molar-refractivity contribution is 5.85. The second-order valence-electron chi connectivity index (χ2n) is 7.23. The van der Waals surface area contributed by atoms with Gasteiger partial charge < -0.3 is 20.1 Å². The van der Waals surface area contributed by atoms with Gasteiger partial charge in [0.25, 0.3) is 0 Å². The molecule has 25 heavy (non-hydrogen) atoms. The number of halogens is 2. The van der Waals surface area contributed by atoms with E-state index in [1.165, 1.54) is 0 Å². The van der Waals surface area contributed by atoms with Gasteiger partial charge in [0.15, 0.2) is 5.82 Å². The summed E-state index contributed by atoms with van der Waals surface area (Å²) < 4.78 is 5.37. The molecule has 2 aliphatic rings. The Morgan fingerprint density at radius 2 is 2.00 bits per heavy atom. The molecule has 0 bridgehead atoms. The molecule has 1 saturated heterocycles. The Morgan fingerprint density at radius 1 is 1.36 bits per heavy atom. The first kappa shape index (κ1) is 22.2. The number of carbonyl (C=O) groups excluding carboxylic acids is 1. The quantitative estimate of drug-likeness (QED) is 0.765. The van der Waals surface area contributed by atoms with Crippen LogP contribution in [0.1, 0.15) is 44.3 Å². The van der Waals surface area contributed by atoms with Crippen LogP contribution in [-0.4, -0.2) is 48.1 Å². The summed E-state index contributed by atoms with van der Waals surface area (Å²) in [5.74, 6) is 1.79. The van der Waals surface area contributed by atoms with E-state index in [0.717, 1.165) is 38.8 Å². The Labute approximate surface area is 161 Å². The second-order valence-corrected chi connectivity index (χ2v) is 7.23. The van der Waals surface area contributed by atoms with E-state index in [4.69, 9.17) is 4.52 Å². The van der Waals surface area contributed by atoms with Gasteiger partial charge in [0.2, 0.25) is 11.8 Å². The van der Waals surface area contributed by atoms with Gasteiger partial charge in [-0.3, -0.25) is 4.79 Å². The molecule has 1 atom stereocenters. The molecule has 0 spiro atoms. The summed E-state index contributed by atoms with van der Waals surface area (Å²) >= 11 is 0. The van der Waals surface area contributed by atoms with Crippen molar-refractivity contribution in [3.05, 3.63) is 11.7 Å². The lowest BCUT2D eigenvalue weighted by atomic mass is 9.86. The van der Waals surface area contributed by atoms with E-state index >= 15 is 0 Å². The molecule has 3 rings (SSSR count). The Kier molecular flexibility index (Phi) is 8.12. The summed E-state index contributed by atoms with van der Waals surface area (Å²) in [5, 5.41) is 10.7. The van der Waals surface area contributed by atoms with Crippen LogP contribution in [-0.2, 0) is 16.9 Å². The molecule has 1 saturated carbocycles. The highest BCUT2D eigenvalue weighted by Crippen LogP contribution is 2.38. The van der Waals surface area contributed by atoms with Crippen LogP contribution in [0.5, 0.6) is 0 Å². The van der Waals surface area contributed by atoms with E-state index in [1.807, 2.05) is 25.9 Å². The number of hydrogen-bond donors (Lipinski definition) is 2. The third-order valence-electron chi connectivity index (χ3n) is 5.10. The van der Waals surface area contributed by atoms with Gasteiger partial charge in [-0.05, 0) is 45.9 Å². The van der Waals surface area contributed by atoms with Gasteiger partial charge in [0.1, 0.15) is 5.54 Å². The van der Waals surface area contributed by atoms with Crippen molar-refractivity contribution in [2.45, 2.75) is 44.7 Å². The lowest BCUT2D eigenvalue weighted by Crippen LogP contribution is -2.53. The van der Waals surface area contributed by atoms with E-state index in [9.17, 15) is 4.79 Å². The van der Waals surface area contributed by atoms with Gasteiger partial charge in [-0.1, -0.05) is 24.9 Å².